The van der Waals surface area contributed by atoms with E-state index in [9.17, 15) is 9.59 Å². The molecule has 0 atom stereocenters. The minimum absolute atomic E-state index is 0.0641. The lowest BCUT2D eigenvalue weighted by atomic mass is 10.2. The van der Waals surface area contributed by atoms with Gasteiger partial charge in [-0.15, -0.1) is 5.10 Å². The standard InChI is InChI=1S/C13H13N3O3/c1-2-19-13(18)10-7-16(8-3-4-8)12-9(11(10)17)5-6-14-15-12/h5-8H,2-4H2,1H3. The highest BCUT2D eigenvalue weighted by Gasteiger charge is 2.27. The van der Waals surface area contributed by atoms with E-state index in [1.54, 1.807) is 19.2 Å². The number of nitrogens with zero attached hydrogens (tertiary/aromatic N) is 3. The SMILES string of the molecule is CCOC(=O)c1cn(C2CC2)c2nnccc2c1=O. The molecule has 0 amide bonds. The third-order valence-corrected chi connectivity index (χ3v) is 3.14. The smallest absolute Gasteiger partial charge is 0.343 e. The van der Waals surface area contributed by atoms with E-state index in [4.69, 9.17) is 4.74 Å². The first-order chi connectivity index (χ1) is 9.22. The zero-order valence-corrected chi connectivity index (χ0v) is 10.5. The van der Waals surface area contributed by atoms with Crippen molar-refractivity contribution < 1.29 is 9.53 Å². The number of hydrogen-bond donors (Lipinski definition) is 0. The van der Waals surface area contributed by atoms with Gasteiger partial charge in [-0.2, -0.15) is 5.10 Å². The van der Waals surface area contributed by atoms with E-state index in [2.05, 4.69) is 10.2 Å². The highest BCUT2D eigenvalue weighted by atomic mass is 16.5. The first kappa shape index (κ1) is 11.8. The zero-order chi connectivity index (χ0) is 13.4. The first-order valence-corrected chi connectivity index (χ1v) is 6.26. The number of esters is 1. The van der Waals surface area contributed by atoms with Crippen molar-refractivity contribution in [2.45, 2.75) is 25.8 Å². The lowest BCUT2D eigenvalue weighted by molar-refractivity contribution is 0.0524. The van der Waals surface area contributed by atoms with Gasteiger partial charge in [0.25, 0.3) is 0 Å². The fourth-order valence-corrected chi connectivity index (χ4v) is 2.08. The molecule has 19 heavy (non-hydrogen) atoms. The van der Waals surface area contributed by atoms with Crippen LogP contribution in [0.15, 0.2) is 23.3 Å². The Bertz CT molecular complexity index is 704. The van der Waals surface area contributed by atoms with Crippen LogP contribution < -0.4 is 5.43 Å². The van der Waals surface area contributed by atoms with Crippen molar-refractivity contribution in [3.8, 4) is 0 Å². The maximum Gasteiger partial charge on any atom is 0.343 e. The van der Waals surface area contributed by atoms with Crippen LogP contribution in [0.3, 0.4) is 0 Å². The number of carbonyl (C=O) groups is 1. The molecule has 0 spiro atoms. The Hall–Kier alpha value is -2.24. The van der Waals surface area contributed by atoms with E-state index in [0.717, 1.165) is 12.8 Å². The molecule has 1 aliphatic carbocycles. The second-order valence-electron chi connectivity index (χ2n) is 4.50. The molecule has 2 heterocycles. The Kier molecular flexibility index (Phi) is 2.77. The van der Waals surface area contributed by atoms with Gasteiger partial charge in [0.2, 0.25) is 5.43 Å². The molecule has 0 aromatic carbocycles. The minimum atomic E-state index is -0.583. The molecule has 6 nitrogen and oxygen atoms in total. The van der Waals surface area contributed by atoms with E-state index in [1.807, 2.05) is 4.57 Å². The molecule has 0 aliphatic heterocycles. The molecule has 2 aromatic rings. The first-order valence-electron chi connectivity index (χ1n) is 6.26. The molecule has 1 aliphatic rings. The second-order valence-corrected chi connectivity index (χ2v) is 4.50. The van der Waals surface area contributed by atoms with Crippen LogP contribution in [0.2, 0.25) is 0 Å². The van der Waals surface area contributed by atoms with Crippen LogP contribution in [0.25, 0.3) is 11.0 Å². The number of pyridine rings is 1. The third-order valence-electron chi connectivity index (χ3n) is 3.14. The van der Waals surface area contributed by atoms with Gasteiger partial charge in [0, 0.05) is 12.2 Å². The molecule has 0 bridgehead atoms. The summed E-state index contributed by atoms with van der Waals surface area (Å²) in [5, 5.41) is 8.23. The van der Waals surface area contributed by atoms with Gasteiger partial charge in [0.15, 0.2) is 5.65 Å². The van der Waals surface area contributed by atoms with Crippen molar-refractivity contribution in [2.24, 2.45) is 0 Å². The quantitative estimate of drug-likeness (QED) is 0.777. The molecule has 0 N–H and O–H groups in total. The maximum atomic E-state index is 12.3. The highest BCUT2D eigenvalue weighted by molar-refractivity contribution is 5.92. The van der Waals surface area contributed by atoms with Crippen molar-refractivity contribution >= 4 is 17.0 Å². The van der Waals surface area contributed by atoms with E-state index in [1.165, 1.54) is 6.20 Å². The van der Waals surface area contributed by atoms with Crippen LogP contribution in [-0.4, -0.2) is 27.3 Å². The Morgan fingerprint density at radius 2 is 2.32 bits per heavy atom. The molecular formula is C13H13N3O3. The molecule has 0 radical (unpaired) electrons. The van der Waals surface area contributed by atoms with Gasteiger partial charge < -0.3 is 9.30 Å². The predicted molar refractivity (Wildman–Crippen MR) is 68.0 cm³/mol. The molecule has 98 valence electrons. The van der Waals surface area contributed by atoms with Gasteiger partial charge in [-0.25, -0.2) is 4.79 Å². The number of ether oxygens (including phenoxy) is 1. The average Bonchev–Trinajstić information content (AvgIpc) is 3.24. The van der Waals surface area contributed by atoms with E-state index >= 15 is 0 Å². The lowest BCUT2D eigenvalue weighted by Gasteiger charge is -2.10. The Morgan fingerprint density at radius 3 is 3.00 bits per heavy atom. The molecule has 1 fully saturated rings. The van der Waals surface area contributed by atoms with Crippen LogP contribution in [0.4, 0.5) is 0 Å². The lowest BCUT2D eigenvalue weighted by Crippen LogP contribution is -2.21. The van der Waals surface area contributed by atoms with Crippen LogP contribution in [-0.2, 0) is 4.74 Å². The Balaban J connectivity index is 2.26. The molecule has 1 saturated carbocycles. The average molecular weight is 259 g/mol. The largest absolute Gasteiger partial charge is 0.462 e. The second kappa shape index (κ2) is 4.46. The van der Waals surface area contributed by atoms with Gasteiger partial charge >= 0.3 is 5.97 Å². The fourth-order valence-electron chi connectivity index (χ4n) is 2.08. The fraction of sp³-hybridized carbons (Fsp3) is 0.385. The topological polar surface area (TPSA) is 74.1 Å². The Labute approximate surface area is 109 Å². The summed E-state index contributed by atoms with van der Waals surface area (Å²) >= 11 is 0. The summed E-state index contributed by atoms with van der Waals surface area (Å²) in [6.07, 6.45) is 5.05. The van der Waals surface area contributed by atoms with Gasteiger partial charge in [-0.1, -0.05) is 0 Å². The summed E-state index contributed by atoms with van der Waals surface area (Å²) in [4.78, 5) is 24.1. The number of fused-ring (bicyclic) bond motifs is 1. The van der Waals surface area contributed by atoms with E-state index in [-0.39, 0.29) is 17.6 Å². The molecule has 2 aromatic heterocycles. The minimum Gasteiger partial charge on any atom is -0.462 e. The number of aromatic nitrogens is 3. The van der Waals surface area contributed by atoms with Crippen LogP contribution in [0.5, 0.6) is 0 Å². The van der Waals surface area contributed by atoms with Crippen molar-refractivity contribution in [2.75, 3.05) is 6.61 Å². The summed E-state index contributed by atoms with van der Waals surface area (Å²) in [6.45, 7) is 1.96. The summed E-state index contributed by atoms with van der Waals surface area (Å²) in [6, 6.07) is 1.89. The van der Waals surface area contributed by atoms with Crippen molar-refractivity contribution in [1.29, 1.82) is 0 Å². The summed E-state index contributed by atoms with van der Waals surface area (Å²) in [7, 11) is 0. The number of hydrogen-bond acceptors (Lipinski definition) is 5. The Morgan fingerprint density at radius 1 is 1.53 bits per heavy atom. The highest BCUT2D eigenvalue weighted by Crippen LogP contribution is 2.36. The van der Waals surface area contributed by atoms with Crippen molar-refractivity contribution in [1.82, 2.24) is 14.8 Å². The van der Waals surface area contributed by atoms with Crippen LogP contribution in [0.1, 0.15) is 36.2 Å². The molecule has 0 unspecified atom stereocenters. The van der Waals surface area contributed by atoms with Crippen LogP contribution in [0, 0.1) is 0 Å². The van der Waals surface area contributed by atoms with E-state index in [0.29, 0.717) is 17.1 Å². The molecule has 3 rings (SSSR count). The van der Waals surface area contributed by atoms with Gasteiger partial charge in [-0.05, 0) is 25.8 Å². The normalized spacial score (nSPS) is 14.6. The van der Waals surface area contributed by atoms with Crippen LogP contribution >= 0.6 is 0 Å². The number of rotatable bonds is 3. The third kappa shape index (κ3) is 1.99. The molecule has 6 heteroatoms. The monoisotopic (exact) mass is 259 g/mol. The van der Waals surface area contributed by atoms with Gasteiger partial charge in [0.05, 0.1) is 18.2 Å². The van der Waals surface area contributed by atoms with Gasteiger partial charge in [0.1, 0.15) is 5.56 Å². The van der Waals surface area contributed by atoms with E-state index < -0.39 is 5.97 Å². The number of carbonyl (C=O) groups excluding carboxylic acids is 1. The summed E-state index contributed by atoms with van der Waals surface area (Å²) in [5.74, 6) is -0.583. The molecular weight excluding hydrogens is 246 g/mol. The van der Waals surface area contributed by atoms with Crippen molar-refractivity contribution in [3.05, 3.63) is 34.2 Å². The summed E-state index contributed by atoms with van der Waals surface area (Å²) in [5.41, 5.74) is 0.248. The molecule has 0 saturated heterocycles. The van der Waals surface area contributed by atoms with Gasteiger partial charge in [-0.3, -0.25) is 4.79 Å². The summed E-state index contributed by atoms with van der Waals surface area (Å²) < 4.78 is 6.78. The predicted octanol–water partition coefficient (Wildman–Crippen LogP) is 1.30. The van der Waals surface area contributed by atoms with Crippen molar-refractivity contribution in [3.63, 3.8) is 0 Å². The zero-order valence-electron chi connectivity index (χ0n) is 10.5. The maximum absolute atomic E-state index is 12.3.